The van der Waals surface area contributed by atoms with Crippen molar-refractivity contribution in [2.75, 3.05) is 14.2 Å². The van der Waals surface area contributed by atoms with Crippen molar-refractivity contribution in [1.82, 2.24) is 15.0 Å². The van der Waals surface area contributed by atoms with Crippen LogP contribution in [0.5, 0.6) is 11.5 Å². The zero-order valence-electron chi connectivity index (χ0n) is 16.7. The number of amides is 2. The van der Waals surface area contributed by atoms with Crippen LogP contribution in [0.3, 0.4) is 0 Å². The normalized spacial score (nSPS) is 20.3. The van der Waals surface area contributed by atoms with Crippen LogP contribution in [0, 0.1) is 0 Å². The van der Waals surface area contributed by atoms with Gasteiger partial charge in [-0.3, -0.25) is 14.6 Å². The number of benzene rings is 1. The van der Waals surface area contributed by atoms with Gasteiger partial charge in [-0.1, -0.05) is 6.07 Å². The lowest BCUT2D eigenvalue weighted by Gasteiger charge is -2.27. The van der Waals surface area contributed by atoms with Crippen LogP contribution in [-0.4, -0.2) is 47.1 Å². The van der Waals surface area contributed by atoms with E-state index in [0.717, 1.165) is 18.4 Å². The van der Waals surface area contributed by atoms with Gasteiger partial charge in [0.25, 0.3) is 5.91 Å². The Hall–Kier alpha value is -2.93. The van der Waals surface area contributed by atoms with Crippen LogP contribution in [0.15, 0.2) is 42.7 Å². The van der Waals surface area contributed by atoms with Gasteiger partial charge in [-0.25, -0.2) is 10.0 Å². The van der Waals surface area contributed by atoms with Gasteiger partial charge in [-0.15, -0.1) is 0 Å². The Balaban J connectivity index is 1.58. The van der Waals surface area contributed by atoms with E-state index in [1.165, 1.54) is 24.0 Å². The summed E-state index contributed by atoms with van der Waals surface area (Å²) in [6, 6.07) is 8.81. The van der Waals surface area contributed by atoms with Crippen LogP contribution in [0.1, 0.15) is 54.1 Å². The number of pyridine rings is 1. The highest BCUT2D eigenvalue weighted by molar-refractivity contribution is 6.05. The number of rotatable bonds is 5. The smallest absolute Gasteiger partial charge is 0.276 e. The van der Waals surface area contributed by atoms with Gasteiger partial charge in [-0.2, -0.15) is 0 Å². The van der Waals surface area contributed by atoms with Crippen molar-refractivity contribution in [2.45, 2.75) is 44.2 Å². The van der Waals surface area contributed by atoms with E-state index in [2.05, 4.69) is 4.98 Å². The molecule has 29 heavy (non-hydrogen) atoms. The van der Waals surface area contributed by atoms with E-state index in [1.54, 1.807) is 37.5 Å². The predicted molar refractivity (Wildman–Crippen MR) is 106 cm³/mol. The molecule has 7 nitrogen and oxygen atoms in total. The number of hydrazine groups is 1. The molecular weight excluding hydrogens is 370 g/mol. The Labute approximate surface area is 170 Å². The molecule has 2 heterocycles. The molecular formula is C22H25N3O4. The first kappa shape index (κ1) is 19.4. The molecule has 0 radical (unpaired) electrons. The highest BCUT2D eigenvalue weighted by atomic mass is 16.5. The van der Waals surface area contributed by atoms with Gasteiger partial charge in [0.15, 0.2) is 11.5 Å². The van der Waals surface area contributed by atoms with Gasteiger partial charge in [-0.05, 0) is 55.5 Å². The summed E-state index contributed by atoms with van der Waals surface area (Å²) in [5.74, 6) is 0.759. The Morgan fingerprint density at radius 1 is 1.17 bits per heavy atom. The third kappa shape index (κ3) is 3.82. The third-order valence-electron chi connectivity index (χ3n) is 5.64. The van der Waals surface area contributed by atoms with E-state index < -0.39 is 0 Å². The lowest BCUT2D eigenvalue weighted by Crippen LogP contribution is -2.42. The summed E-state index contributed by atoms with van der Waals surface area (Å²) < 4.78 is 11.6. The molecule has 1 aliphatic carbocycles. The predicted octanol–water partition coefficient (Wildman–Crippen LogP) is 3.37. The second-order valence-electron chi connectivity index (χ2n) is 7.48. The molecule has 152 valence electrons. The molecule has 1 unspecified atom stereocenters. The maximum Gasteiger partial charge on any atom is 0.276 e. The summed E-state index contributed by atoms with van der Waals surface area (Å²) in [4.78, 5) is 29.5. The standard InChI is InChI=1S/C22H25N3O4/c1-24-18(13-21(26)25(24)22(27)16-6-5-11-23-14-16)15-9-10-19(28-2)20(12-15)29-17-7-3-4-8-17/h5-6,9-12,14,17-18H,3-4,7-8,13H2,1-2H3. The van der Waals surface area contributed by atoms with Crippen molar-refractivity contribution in [3.8, 4) is 11.5 Å². The van der Waals surface area contributed by atoms with E-state index in [-0.39, 0.29) is 30.4 Å². The fraction of sp³-hybridized carbons (Fsp3) is 0.409. The zero-order chi connectivity index (χ0) is 20.4. The van der Waals surface area contributed by atoms with Gasteiger partial charge in [0.2, 0.25) is 5.91 Å². The maximum absolute atomic E-state index is 12.8. The maximum atomic E-state index is 12.8. The van der Waals surface area contributed by atoms with E-state index in [0.29, 0.717) is 17.1 Å². The average molecular weight is 395 g/mol. The molecule has 2 aliphatic rings. The SMILES string of the molecule is COc1ccc(C2CC(=O)N(C(=O)c3cccnc3)N2C)cc1OC1CCCC1. The summed E-state index contributed by atoms with van der Waals surface area (Å²) in [7, 11) is 3.38. The molecule has 1 aliphatic heterocycles. The second kappa shape index (κ2) is 8.21. The van der Waals surface area contributed by atoms with Gasteiger partial charge < -0.3 is 9.47 Å². The van der Waals surface area contributed by atoms with Gasteiger partial charge in [0, 0.05) is 19.4 Å². The molecule has 4 rings (SSSR count). The van der Waals surface area contributed by atoms with Crippen LogP contribution in [0.25, 0.3) is 0 Å². The van der Waals surface area contributed by atoms with Crippen molar-refractivity contribution in [1.29, 1.82) is 0 Å². The Kier molecular flexibility index (Phi) is 5.49. The number of nitrogens with zero attached hydrogens (tertiary/aromatic N) is 3. The first-order valence-electron chi connectivity index (χ1n) is 9.93. The first-order chi connectivity index (χ1) is 14.1. The van der Waals surface area contributed by atoms with Gasteiger partial charge in [0.1, 0.15) is 0 Å². The molecule has 2 fully saturated rings. The largest absolute Gasteiger partial charge is 0.493 e. The van der Waals surface area contributed by atoms with Crippen LogP contribution in [0.2, 0.25) is 0 Å². The van der Waals surface area contributed by atoms with E-state index in [9.17, 15) is 9.59 Å². The third-order valence-corrected chi connectivity index (χ3v) is 5.64. The van der Waals surface area contributed by atoms with Crippen LogP contribution in [0.4, 0.5) is 0 Å². The van der Waals surface area contributed by atoms with Crippen molar-refractivity contribution >= 4 is 11.8 Å². The van der Waals surface area contributed by atoms with Crippen LogP contribution in [-0.2, 0) is 4.79 Å². The highest BCUT2D eigenvalue weighted by Crippen LogP contribution is 2.38. The lowest BCUT2D eigenvalue weighted by molar-refractivity contribution is -0.132. The number of carbonyl (C=O) groups is 2. The summed E-state index contributed by atoms with van der Waals surface area (Å²) >= 11 is 0. The van der Waals surface area contributed by atoms with Gasteiger partial charge >= 0.3 is 0 Å². The quantitative estimate of drug-likeness (QED) is 0.723. The van der Waals surface area contributed by atoms with Crippen molar-refractivity contribution in [3.05, 3.63) is 53.9 Å². The minimum absolute atomic E-state index is 0.200. The molecule has 0 spiro atoms. The Morgan fingerprint density at radius 3 is 2.66 bits per heavy atom. The molecule has 0 bridgehead atoms. The van der Waals surface area contributed by atoms with E-state index in [4.69, 9.17) is 9.47 Å². The number of aromatic nitrogens is 1. The number of methoxy groups -OCH3 is 1. The molecule has 2 aromatic rings. The molecule has 1 aromatic carbocycles. The number of imide groups is 1. The molecule has 1 saturated heterocycles. The highest BCUT2D eigenvalue weighted by Gasteiger charge is 2.40. The molecule has 0 N–H and O–H groups in total. The van der Waals surface area contributed by atoms with Crippen molar-refractivity contribution < 1.29 is 19.1 Å². The summed E-state index contributed by atoms with van der Waals surface area (Å²) in [6.07, 6.45) is 7.93. The average Bonchev–Trinajstić information content (AvgIpc) is 3.35. The Bertz CT molecular complexity index is 896. The topological polar surface area (TPSA) is 72.0 Å². The van der Waals surface area contributed by atoms with Crippen LogP contribution < -0.4 is 9.47 Å². The summed E-state index contributed by atoms with van der Waals surface area (Å²) in [6.45, 7) is 0. The molecule has 1 atom stereocenters. The van der Waals surface area contributed by atoms with Crippen molar-refractivity contribution in [2.24, 2.45) is 0 Å². The monoisotopic (exact) mass is 395 g/mol. The number of ether oxygens (including phenoxy) is 2. The number of carbonyl (C=O) groups excluding carboxylic acids is 2. The fourth-order valence-electron chi connectivity index (χ4n) is 4.08. The lowest BCUT2D eigenvalue weighted by atomic mass is 10.0. The molecule has 1 aromatic heterocycles. The Morgan fingerprint density at radius 2 is 1.97 bits per heavy atom. The minimum atomic E-state index is -0.371. The second-order valence-corrected chi connectivity index (χ2v) is 7.48. The van der Waals surface area contributed by atoms with Gasteiger partial charge in [0.05, 0.1) is 31.2 Å². The molecule has 7 heteroatoms. The summed E-state index contributed by atoms with van der Waals surface area (Å²) in [5.41, 5.74) is 1.30. The van der Waals surface area contributed by atoms with E-state index >= 15 is 0 Å². The minimum Gasteiger partial charge on any atom is -0.493 e. The number of hydrogen-bond acceptors (Lipinski definition) is 6. The first-order valence-corrected chi connectivity index (χ1v) is 9.93. The molecule has 2 amide bonds. The zero-order valence-corrected chi connectivity index (χ0v) is 16.7. The van der Waals surface area contributed by atoms with E-state index in [1.807, 2.05) is 18.2 Å². The van der Waals surface area contributed by atoms with Crippen LogP contribution >= 0.6 is 0 Å². The van der Waals surface area contributed by atoms with Crippen molar-refractivity contribution in [3.63, 3.8) is 0 Å². The fourth-order valence-corrected chi connectivity index (χ4v) is 4.08. The summed E-state index contributed by atoms with van der Waals surface area (Å²) in [5, 5.41) is 2.89. The molecule has 1 saturated carbocycles. The number of hydrogen-bond donors (Lipinski definition) is 0.